The van der Waals surface area contributed by atoms with Crippen LogP contribution in [0.25, 0.3) is 11.1 Å². The van der Waals surface area contributed by atoms with Gasteiger partial charge in [0, 0.05) is 11.1 Å². The lowest BCUT2D eigenvalue weighted by molar-refractivity contribution is -0.138. The first kappa shape index (κ1) is 13.0. The van der Waals surface area contributed by atoms with Gasteiger partial charge in [0.1, 0.15) is 11.5 Å². The molecule has 98 valence electrons. The van der Waals surface area contributed by atoms with E-state index in [0.717, 1.165) is 0 Å². The highest BCUT2D eigenvalue weighted by Crippen LogP contribution is 2.36. The standard InChI is InChI=1S/C15H14O4/c1-9(15(18)19)10-6-7-14(17)12(8-10)11-4-2-3-5-13(11)16/h2-9,16-17H,1H3,(H,18,19). The van der Waals surface area contributed by atoms with Gasteiger partial charge in [-0.1, -0.05) is 24.3 Å². The highest BCUT2D eigenvalue weighted by atomic mass is 16.4. The number of phenols is 2. The van der Waals surface area contributed by atoms with E-state index in [1.54, 1.807) is 37.3 Å². The molecule has 0 aliphatic heterocycles. The summed E-state index contributed by atoms with van der Waals surface area (Å²) in [6, 6.07) is 11.2. The van der Waals surface area contributed by atoms with Crippen LogP contribution in [0.4, 0.5) is 0 Å². The first-order valence-corrected chi connectivity index (χ1v) is 5.85. The van der Waals surface area contributed by atoms with E-state index >= 15 is 0 Å². The molecular weight excluding hydrogens is 244 g/mol. The molecule has 0 bridgehead atoms. The Morgan fingerprint density at radius 2 is 1.63 bits per heavy atom. The molecule has 4 heteroatoms. The van der Waals surface area contributed by atoms with Gasteiger partial charge in [-0.2, -0.15) is 0 Å². The molecular formula is C15H14O4. The third kappa shape index (κ3) is 2.52. The van der Waals surface area contributed by atoms with E-state index in [-0.39, 0.29) is 11.5 Å². The molecule has 0 heterocycles. The number of aliphatic carboxylic acids is 1. The molecule has 0 radical (unpaired) electrons. The fourth-order valence-corrected chi connectivity index (χ4v) is 1.88. The molecule has 0 amide bonds. The fourth-order valence-electron chi connectivity index (χ4n) is 1.88. The second kappa shape index (κ2) is 5.02. The third-order valence-corrected chi connectivity index (χ3v) is 3.09. The molecule has 2 rings (SSSR count). The minimum atomic E-state index is -0.936. The lowest BCUT2D eigenvalue weighted by atomic mass is 9.95. The molecule has 0 aliphatic rings. The highest BCUT2D eigenvalue weighted by Gasteiger charge is 2.16. The van der Waals surface area contributed by atoms with Crippen molar-refractivity contribution in [1.82, 2.24) is 0 Å². The zero-order valence-electron chi connectivity index (χ0n) is 10.4. The number of carbonyl (C=O) groups is 1. The van der Waals surface area contributed by atoms with Gasteiger partial charge in [-0.25, -0.2) is 0 Å². The second-order valence-electron chi connectivity index (χ2n) is 4.35. The first-order valence-electron chi connectivity index (χ1n) is 5.85. The maximum absolute atomic E-state index is 11.0. The molecule has 0 fully saturated rings. The number of hydrogen-bond acceptors (Lipinski definition) is 3. The van der Waals surface area contributed by atoms with Crippen LogP contribution in [0.5, 0.6) is 11.5 Å². The van der Waals surface area contributed by atoms with Crippen LogP contribution in [-0.2, 0) is 4.79 Å². The molecule has 2 aromatic rings. The Morgan fingerprint density at radius 1 is 1.00 bits per heavy atom. The van der Waals surface area contributed by atoms with Crippen LogP contribution in [0, 0.1) is 0 Å². The topological polar surface area (TPSA) is 77.8 Å². The molecule has 3 N–H and O–H groups in total. The molecule has 0 aromatic heterocycles. The number of carboxylic acid groups (broad SMARTS) is 1. The summed E-state index contributed by atoms with van der Waals surface area (Å²) in [4.78, 5) is 11.0. The van der Waals surface area contributed by atoms with Crippen LogP contribution in [-0.4, -0.2) is 21.3 Å². The summed E-state index contributed by atoms with van der Waals surface area (Å²) in [6.07, 6.45) is 0. The zero-order chi connectivity index (χ0) is 14.0. The van der Waals surface area contributed by atoms with Crippen molar-refractivity contribution in [2.45, 2.75) is 12.8 Å². The van der Waals surface area contributed by atoms with E-state index in [9.17, 15) is 15.0 Å². The Balaban J connectivity index is 2.55. The van der Waals surface area contributed by atoms with E-state index < -0.39 is 11.9 Å². The van der Waals surface area contributed by atoms with Crippen molar-refractivity contribution >= 4 is 5.97 Å². The van der Waals surface area contributed by atoms with Crippen molar-refractivity contribution in [2.75, 3.05) is 0 Å². The van der Waals surface area contributed by atoms with Gasteiger partial charge in [0.2, 0.25) is 0 Å². The van der Waals surface area contributed by atoms with Gasteiger partial charge in [-0.15, -0.1) is 0 Å². The maximum atomic E-state index is 11.0. The first-order chi connectivity index (χ1) is 9.00. The van der Waals surface area contributed by atoms with Crippen LogP contribution in [0.3, 0.4) is 0 Å². The number of hydrogen-bond donors (Lipinski definition) is 3. The zero-order valence-corrected chi connectivity index (χ0v) is 10.4. The Labute approximate surface area is 110 Å². The number of phenolic OH excluding ortho intramolecular Hbond substituents is 2. The average Bonchev–Trinajstić information content (AvgIpc) is 2.39. The largest absolute Gasteiger partial charge is 0.507 e. The predicted molar refractivity (Wildman–Crippen MR) is 71.3 cm³/mol. The van der Waals surface area contributed by atoms with Gasteiger partial charge in [0.25, 0.3) is 0 Å². The Morgan fingerprint density at radius 3 is 2.26 bits per heavy atom. The van der Waals surface area contributed by atoms with E-state index in [2.05, 4.69) is 0 Å². The fraction of sp³-hybridized carbons (Fsp3) is 0.133. The van der Waals surface area contributed by atoms with Crippen molar-refractivity contribution in [3.63, 3.8) is 0 Å². The van der Waals surface area contributed by atoms with Gasteiger partial charge >= 0.3 is 5.97 Å². The quantitative estimate of drug-likeness (QED) is 0.791. The van der Waals surface area contributed by atoms with Gasteiger partial charge < -0.3 is 15.3 Å². The van der Waals surface area contributed by atoms with Crippen LogP contribution < -0.4 is 0 Å². The van der Waals surface area contributed by atoms with E-state index in [1.165, 1.54) is 12.1 Å². The smallest absolute Gasteiger partial charge is 0.310 e. The molecule has 0 spiro atoms. The SMILES string of the molecule is CC(C(=O)O)c1ccc(O)c(-c2ccccc2O)c1. The summed E-state index contributed by atoms with van der Waals surface area (Å²) >= 11 is 0. The van der Waals surface area contributed by atoms with E-state index in [4.69, 9.17) is 5.11 Å². The average molecular weight is 258 g/mol. The van der Waals surface area contributed by atoms with Crippen molar-refractivity contribution in [2.24, 2.45) is 0 Å². The second-order valence-corrected chi connectivity index (χ2v) is 4.35. The molecule has 0 saturated heterocycles. The number of aromatic hydroxyl groups is 2. The van der Waals surface area contributed by atoms with Crippen molar-refractivity contribution in [3.8, 4) is 22.6 Å². The summed E-state index contributed by atoms with van der Waals surface area (Å²) in [7, 11) is 0. The lowest BCUT2D eigenvalue weighted by Gasteiger charge is -2.12. The molecule has 1 atom stereocenters. The number of carboxylic acids is 1. The van der Waals surface area contributed by atoms with Crippen LogP contribution in [0.2, 0.25) is 0 Å². The van der Waals surface area contributed by atoms with Crippen LogP contribution in [0.1, 0.15) is 18.4 Å². The Bertz CT molecular complexity index is 619. The predicted octanol–water partition coefficient (Wildman–Crippen LogP) is 2.95. The maximum Gasteiger partial charge on any atom is 0.310 e. The summed E-state index contributed by atoms with van der Waals surface area (Å²) in [6.45, 7) is 1.57. The number of rotatable bonds is 3. The molecule has 1 unspecified atom stereocenters. The van der Waals surface area contributed by atoms with E-state index in [0.29, 0.717) is 16.7 Å². The summed E-state index contributed by atoms with van der Waals surface area (Å²) < 4.78 is 0. The third-order valence-electron chi connectivity index (χ3n) is 3.09. The Kier molecular flexibility index (Phi) is 3.42. The van der Waals surface area contributed by atoms with Crippen molar-refractivity contribution in [1.29, 1.82) is 0 Å². The van der Waals surface area contributed by atoms with E-state index in [1.807, 2.05) is 0 Å². The summed E-state index contributed by atoms with van der Waals surface area (Å²) in [5, 5.41) is 28.7. The van der Waals surface area contributed by atoms with Crippen LogP contribution in [0.15, 0.2) is 42.5 Å². The summed E-state index contributed by atoms with van der Waals surface area (Å²) in [5.41, 5.74) is 1.46. The Hall–Kier alpha value is -2.49. The molecule has 2 aromatic carbocycles. The molecule has 4 nitrogen and oxygen atoms in total. The minimum absolute atomic E-state index is 0.00263. The minimum Gasteiger partial charge on any atom is -0.507 e. The van der Waals surface area contributed by atoms with Gasteiger partial charge in [-0.3, -0.25) is 4.79 Å². The van der Waals surface area contributed by atoms with Gasteiger partial charge in [0.15, 0.2) is 0 Å². The monoisotopic (exact) mass is 258 g/mol. The highest BCUT2D eigenvalue weighted by molar-refractivity contribution is 5.79. The number of para-hydroxylation sites is 1. The number of benzene rings is 2. The van der Waals surface area contributed by atoms with Crippen molar-refractivity contribution < 1.29 is 20.1 Å². The van der Waals surface area contributed by atoms with Crippen molar-refractivity contribution in [3.05, 3.63) is 48.0 Å². The molecule has 19 heavy (non-hydrogen) atoms. The normalized spacial score (nSPS) is 12.1. The van der Waals surface area contributed by atoms with Gasteiger partial charge in [0.05, 0.1) is 5.92 Å². The molecule has 0 saturated carbocycles. The van der Waals surface area contributed by atoms with Crippen LogP contribution >= 0.6 is 0 Å². The lowest BCUT2D eigenvalue weighted by Crippen LogP contribution is -2.07. The molecule has 0 aliphatic carbocycles. The summed E-state index contributed by atoms with van der Waals surface area (Å²) in [5.74, 6) is -1.57. The van der Waals surface area contributed by atoms with Gasteiger partial charge in [-0.05, 0) is 30.7 Å².